The van der Waals surface area contributed by atoms with Gasteiger partial charge >= 0.3 is 0 Å². The normalized spacial score (nSPS) is 11.5. The van der Waals surface area contributed by atoms with Gasteiger partial charge < -0.3 is 9.73 Å². The number of anilines is 1. The molecule has 5 nitrogen and oxygen atoms in total. The lowest BCUT2D eigenvalue weighted by Crippen LogP contribution is -2.01. The molecule has 0 atom stereocenters. The van der Waals surface area contributed by atoms with Crippen LogP contribution in [0.1, 0.15) is 42.6 Å². The zero-order valence-corrected chi connectivity index (χ0v) is 12.8. The predicted molar refractivity (Wildman–Crippen MR) is 83.5 cm³/mol. The molecule has 2 N–H and O–H groups in total. The molecule has 0 amide bonds. The number of hydrogen-bond acceptors (Lipinski definition) is 4. The van der Waals surface area contributed by atoms with Crippen molar-refractivity contribution >= 4 is 16.8 Å². The van der Waals surface area contributed by atoms with E-state index in [4.69, 9.17) is 4.42 Å². The Labute approximate surface area is 123 Å². The second kappa shape index (κ2) is 5.24. The minimum Gasteiger partial charge on any atom is -0.440 e. The summed E-state index contributed by atoms with van der Waals surface area (Å²) < 4.78 is 5.72. The molecular formula is C16H20N4O. The number of aromatic nitrogens is 3. The van der Waals surface area contributed by atoms with Gasteiger partial charge in [0.2, 0.25) is 0 Å². The number of rotatable bonds is 4. The van der Waals surface area contributed by atoms with Crippen LogP contribution in [0.25, 0.3) is 11.1 Å². The third-order valence-corrected chi connectivity index (χ3v) is 3.65. The topological polar surface area (TPSA) is 66.7 Å². The van der Waals surface area contributed by atoms with Gasteiger partial charge in [-0.1, -0.05) is 13.8 Å². The average molecular weight is 284 g/mol. The molecule has 0 saturated carbocycles. The Bertz CT molecular complexity index is 750. The van der Waals surface area contributed by atoms with Crippen LogP contribution < -0.4 is 5.32 Å². The third kappa shape index (κ3) is 2.63. The summed E-state index contributed by atoms with van der Waals surface area (Å²) in [6, 6.07) is 6.00. The van der Waals surface area contributed by atoms with Crippen LogP contribution in [0.5, 0.6) is 0 Å². The van der Waals surface area contributed by atoms with E-state index in [0.29, 0.717) is 5.92 Å². The minimum absolute atomic E-state index is 0.296. The number of aryl methyl sites for hydroxylation is 2. The maximum absolute atomic E-state index is 5.72. The first kappa shape index (κ1) is 13.7. The van der Waals surface area contributed by atoms with Gasteiger partial charge in [-0.05, 0) is 32.0 Å². The number of benzene rings is 1. The average Bonchev–Trinajstić information content (AvgIpc) is 3.01. The largest absolute Gasteiger partial charge is 0.440 e. The molecule has 1 aromatic carbocycles. The molecule has 0 spiro atoms. The zero-order chi connectivity index (χ0) is 15.0. The fourth-order valence-electron chi connectivity index (χ4n) is 2.33. The zero-order valence-electron chi connectivity index (χ0n) is 12.8. The van der Waals surface area contributed by atoms with Gasteiger partial charge in [-0.2, -0.15) is 5.10 Å². The van der Waals surface area contributed by atoms with Gasteiger partial charge in [0, 0.05) is 29.4 Å². The van der Waals surface area contributed by atoms with Gasteiger partial charge in [0.15, 0.2) is 11.5 Å². The highest BCUT2D eigenvalue weighted by Gasteiger charge is 2.10. The number of fused-ring (bicyclic) bond motifs is 1. The quantitative estimate of drug-likeness (QED) is 0.762. The van der Waals surface area contributed by atoms with Crippen molar-refractivity contribution in [3.05, 3.63) is 41.0 Å². The Morgan fingerprint density at radius 2 is 2.10 bits per heavy atom. The second-order valence-corrected chi connectivity index (χ2v) is 5.66. The van der Waals surface area contributed by atoms with E-state index in [1.54, 1.807) is 0 Å². The van der Waals surface area contributed by atoms with E-state index in [-0.39, 0.29) is 0 Å². The molecule has 3 rings (SSSR count). The first-order valence-electron chi connectivity index (χ1n) is 7.19. The number of nitrogens with zero attached hydrogens (tertiary/aromatic N) is 2. The predicted octanol–water partition coefficient (Wildman–Crippen LogP) is 3.90. The highest BCUT2D eigenvalue weighted by Crippen LogP contribution is 2.24. The summed E-state index contributed by atoms with van der Waals surface area (Å²) in [5, 5.41) is 10.6. The van der Waals surface area contributed by atoms with E-state index in [1.807, 2.05) is 32.0 Å². The van der Waals surface area contributed by atoms with Crippen molar-refractivity contribution in [3.63, 3.8) is 0 Å². The molecule has 3 aromatic rings. The van der Waals surface area contributed by atoms with Crippen LogP contribution in [0.15, 0.2) is 22.6 Å². The summed E-state index contributed by atoms with van der Waals surface area (Å²) in [4.78, 5) is 4.53. The van der Waals surface area contributed by atoms with Gasteiger partial charge in [-0.3, -0.25) is 5.10 Å². The lowest BCUT2D eigenvalue weighted by Gasteiger charge is -2.06. The summed E-state index contributed by atoms with van der Waals surface area (Å²) >= 11 is 0. The standard InChI is InChI=1S/C16H20N4O/c1-9(2)16-18-14-7-12(5-6-15(14)21-16)17-8-13-10(3)19-20-11(13)4/h5-7,9,17H,8H2,1-4H3,(H,19,20). The third-order valence-electron chi connectivity index (χ3n) is 3.65. The van der Waals surface area contributed by atoms with Crippen LogP contribution in [0.4, 0.5) is 5.69 Å². The Hall–Kier alpha value is -2.30. The lowest BCUT2D eigenvalue weighted by atomic mass is 10.2. The van der Waals surface area contributed by atoms with Crippen LogP contribution in [-0.4, -0.2) is 15.2 Å². The van der Waals surface area contributed by atoms with Gasteiger partial charge in [0.05, 0.1) is 5.69 Å². The maximum Gasteiger partial charge on any atom is 0.198 e. The molecule has 2 aromatic heterocycles. The Kier molecular flexibility index (Phi) is 3.41. The number of oxazole rings is 1. The van der Waals surface area contributed by atoms with Gasteiger partial charge in [0.1, 0.15) is 5.52 Å². The summed E-state index contributed by atoms with van der Waals surface area (Å²) in [5.41, 5.74) is 6.10. The molecule has 0 bridgehead atoms. The Morgan fingerprint density at radius 3 is 2.76 bits per heavy atom. The van der Waals surface area contributed by atoms with Gasteiger partial charge in [0.25, 0.3) is 0 Å². The first-order valence-corrected chi connectivity index (χ1v) is 7.19. The van der Waals surface area contributed by atoms with Crippen molar-refractivity contribution in [1.82, 2.24) is 15.2 Å². The molecule has 2 heterocycles. The number of H-pyrrole nitrogens is 1. The molecule has 0 fully saturated rings. The fourth-order valence-corrected chi connectivity index (χ4v) is 2.33. The van der Waals surface area contributed by atoms with Gasteiger partial charge in [-0.25, -0.2) is 4.98 Å². The van der Waals surface area contributed by atoms with Crippen LogP contribution in [0.2, 0.25) is 0 Å². The molecule has 0 unspecified atom stereocenters. The van der Waals surface area contributed by atoms with E-state index < -0.39 is 0 Å². The summed E-state index contributed by atoms with van der Waals surface area (Å²) in [6.45, 7) is 8.94. The van der Waals surface area contributed by atoms with Crippen molar-refractivity contribution in [2.75, 3.05) is 5.32 Å². The molecule has 5 heteroatoms. The molecule has 0 aliphatic heterocycles. The van der Waals surface area contributed by atoms with Crippen LogP contribution in [0, 0.1) is 13.8 Å². The highest BCUT2D eigenvalue weighted by atomic mass is 16.3. The molecule has 21 heavy (non-hydrogen) atoms. The summed E-state index contributed by atoms with van der Waals surface area (Å²) in [6.07, 6.45) is 0. The Balaban J connectivity index is 1.81. The lowest BCUT2D eigenvalue weighted by molar-refractivity contribution is 0.501. The van der Waals surface area contributed by atoms with Crippen molar-refractivity contribution < 1.29 is 4.42 Å². The van der Waals surface area contributed by atoms with Crippen LogP contribution in [-0.2, 0) is 6.54 Å². The van der Waals surface area contributed by atoms with Crippen molar-refractivity contribution in [2.45, 2.75) is 40.2 Å². The molecule has 110 valence electrons. The van der Waals surface area contributed by atoms with E-state index >= 15 is 0 Å². The number of hydrogen-bond donors (Lipinski definition) is 2. The second-order valence-electron chi connectivity index (χ2n) is 5.66. The van der Waals surface area contributed by atoms with E-state index in [2.05, 4.69) is 34.3 Å². The molecular weight excluding hydrogens is 264 g/mol. The maximum atomic E-state index is 5.72. The van der Waals surface area contributed by atoms with Crippen molar-refractivity contribution in [3.8, 4) is 0 Å². The SMILES string of the molecule is Cc1n[nH]c(C)c1CNc1ccc2oc(C(C)C)nc2c1. The first-order chi connectivity index (χ1) is 10.0. The smallest absolute Gasteiger partial charge is 0.198 e. The summed E-state index contributed by atoms with van der Waals surface area (Å²) in [7, 11) is 0. The van der Waals surface area contributed by atoms with Crippen LogP contribution in [0.3, 0.4) is 0 Å². The molecule has 0 saturated heterocycles. The molecule has 0 aliphatic carbocycles. The number of nitrogens with one attached hydrogen (secondary N) is 2. The van der Waals surface area contributed by atoms with E-state index in [0.717, 1.165) is 40.6 Å². The fraction of sp³-hybridized carbons (Fsp3) is 0.375. The molecule has 0 radical (unpaired) electrons. The molecule has 0 aliphatic rings. The minimum atomic E-state index is 0.296. The van der Waals surface area contributed by atoms with Crippen LogP contribution >= 0.6 is 0 Å². The Morgan fingerprint density at radius 1 is 1.29 bits per heavy atom. The summed E-state index contributed by atoms with van der Waals surface area (Å²) in [5.74, 6) is 1.08. The van der Waals surface area contributed by atoms with E-state index in [9.17, 15) is 0 Å². The van der Waals surface area contributed by atoms with Crippen molar-refractivity contribution in [2.24, 2.45) is 0 Å². The van der Waals surface area contributed by atoms with Gasteiger partial charge in [-0.15, -0.1) is 0 Å². The number of aromatic amines is 1. The monoisotopic (exact) mass is 284 g/mol. The highest BCUT2D eigenvalue weighted by molar-refractivity contribution is 5.77. The van der Waals surface area contributed by atoms with E-state index in [1.165, 1.54) is 5.56 Å². The van der Waals surface area contributed by atoms with Crippen molar-refractivity contribution in [1.29, 1.82) is 0 Å².